The van der Waals surface area contributed by atoms with Crippen molar-refractivity contribution < 1.29 is 9.36 Å². The van der Waals surface area contributed by atoms with Gasteiger partial charge in [-0.25, -0.2) is 4.57 Å². The molecule has 80 valence electrons. The lowest BCUT2D eigenvalue weighted by atomic mass is 10.1. The molecule has 2 rings (SSSR count). The number of hydrogen-bond acceptors (Lipinski definition) is 1. The summed E-state index contributed by atoms with van der Waals surface area (Å²) in [4.78, 5) is 10.9. The molecule has 0 radical (unpaired) electrons. The third-order valence-corrected chi connectivity index (χ3v) is 2.54. The summed E-state index contributed by atoms with van der Waals surface area (Å²) < 4.78 is 2.07. The van der Waals surface area contributed by atoms with E-state index in [9.17, 15) is 4.79 Å². The minimum atomic E-state index is -0.418. The van der Waals surface area contributed by atoms with Crippen LogP contribution in [0.3, 0.4) is 0 Å². The summed E-state index contributed by atoms with van der Waals surface area (Å²) in [7, 11) is 0. The number of hydrogen-bond donors (Lipinski definition) is 0. The molecule has 3 heteroatoms. The van der Waals surface area contributed by atoms with Crippen molar-refractivity contribution in [2.24, 2.45) is 0 Å². The van der Waals surface area contributed by atoms with Crippen LogP contribution >= 0.6 is 11.6 Å². The van der Waals surface area contributed by atoms with E-state index in [1.165, 1.54) is 0 Å². The van der Waals surface area contributed by atoms with Gasteiger partial charge in [0, 0.05) is 23.3 Å². The van der Waals surface area contributed by atoms with Gasteiger partial charge in [0.25, 0.3) is 5.24 Å². The van der Waals surface area contributed by atoms with Crippen molar-refractivity contribution in [1.82, 2.24) is 0 Å². The quantitative estimate of drug-likeness (QED) is 0.588. The Morgan fingerprint density at radius 3 is 2.25 bits per heavy atom. The monoisotopic (exact) mass is 232 g/mol. The average Bonchev–Trinajstić information content (AvgIpc) is 2.31. The molecule has 0 aliphatic rings. The standard InChI is InChI=1S/C13H11ClNO/c14-13(16)12-6-4-11(5-7-12)10-15-8-2-1-3-9-15/h1-9H,10H2/q+1. The van der Waals surface area contributed by atoms with Gasteiger partial charge in [0.05, 0.1) is 0 Å². The van der Waals surface area contributed by atoms with Crippen LogP contribution in [0.15, 0.2) is 54.9 Å². The maximum atomic E-state index is 10.9. The van der Waals surface area contributed by atoms with Crippen LogP contribution in [0.2, 0.25) is 0 Å². The van der Waals surface area contributed by atoms with Gasteiger partial charge in [-0.3, -0.25) is 4.79 Å². The summed E-state index contributed by atoms with van der Waals surface area (Å²) in [6, 6.07) is 13.3. The van der Waals surface area contributed by atoms with Crippen LogP contribution in [0.1, 0.15) is 15.9 Å². The predicted molar refractivity (Wildman–Crippen MR) is 62.4 cm³/mol. The molecule has 0 bridgehead atoms. The number of carbonyl (C=O) groups excluding carboxylic acids is 1. The fourth-order valence-corrected chi connectivity index (χ4v) is 1.62. The van der Waals surface area contributed by atoms with Crippen LogP contribution in [0, 0.1) is 0 Å². The summed E-state index contributed by atoms with van der Waals surface area (Å²) >= 11 is 5.37. The Morgan fingerprint density at radius 2 is 1.69 bits per heavy atom. The molecule has 2 aromatic rings. The smallest absolute Gasteiger partial charge is 0.252 e. The Hall–Kier alpha value is -1.67. The van der Waals surface area contributed by atoms with E-state index in [2.05, 4.69) is 4.57 Å². The van der Waals surface area contributed by atoms with E-state index in [4.69, 9.17) is 11.6 Å². The molecule has 0 saturated heterocycles. The summed E-state index contributed by atoms with van der Waals surface area (Å²) in [5.74, 6) is 0. The highest BCUT2D eigenvalue weighted by Crippen LogP contribution is 2.06. The lowest BCUT2D eigenvalue weighted by molar-refractivity contribution is -0.688. The molecule has 0 N–H and O–H groups in total. The number of carbonyl (C=O) groups is 1. The molecule has 0 saturated carbocycles. The highest BCUT2D eigenvalue weighted by Gasteiger charge is 2.04. The van der Waals surface area contributed by atoms with Crippen LogP contribution < -0.4 is 4.57 Å². The van der Waals surface area contributed by atoms with Crippen LogP contribution in [-0.4, -0.2) is 5.24 Å². The highest BCUT2D eigenvalue weighted by atomic mass is 35.5. The van der Waals surface area contributed by atoms with Crippen molar-refractivity contribution in [2.75, 3.05) is 0 Å². The summed E-state index contributed by atoms with van der Waals surface area (Å²) in [5, 5.41) is -0.418. The van der Waals surface area contributed by atoms with Gasteiger partial charge in [-0.2, -0.15) is 0 Å². The Labute approximate surface area is 99.1 Å². The van der Waals surface area contributed by atoms with Crippen molar-refractivity contribution >= 4 is 16.8 Å². The SMILES string of the molecule is O=C(Cl)c1ccc(C[n+]2ccccc2)cc1. The van der Waals surface area contributed by atoms with Crippen molar-refractivity contribution in [2.45, 2.75) is 6.54 Å². The number of rotatable bonds is 3. The van der Waals surface area contributed by atoms with Gasteiger partial charge in [0.15, 0.2) is 18.9 Å². The first-order valence-corrected chi connectivity index (χ1v) is 5.36. The molecule has 16 heavy (non-hydrogen) atoms. The maximum Gasteiger partial charge on any atom is 0.252 e. The molecule has 0 amide bonds. The number of pyridine rings is 1. The predicted octanol–water partition coefficient (Wildman–Crippen LogP) is 2.40. The van der Waals surface area contributed by atoms with Gasteiger partial charge < -0.3 is 0 Å². The molecule has 1 aromatic heterocycles. The second kappa shape index (κ2) is 4.90. The molecule has 1 aromatic carbocycles. The summed E-state index contributed by atoms with van der Waals surface area (Å²) in [5.41, 5.74) is 1.67. The van der Waals surface area contributed by atoms with Crippen molar-refractivity contribution in [1.29, 1.82) is 0 Å². The van der Waals surface area contributed by atoms with Crippen LogP contribution in [0.5, 0.6) is 0 Å². The molecule has 0 fully saturated rings. The van der Waals surface area contributed by atoms with E-state index in [0.29, 0.717) is 5.56 Å². The number of benzene rings is 1. The van der Waals surface area contributed by atoms with Crippen molar-refractivity contribution in [3.63, 3.8) is 0 Å². The topological polar surface area (TPSA) is 20.9 Å². The Kier molecular flexibility index (Phi) is 3.32. The third-order valence-electron chi connectivity index (χ3n) is 2.32. The van der Waals surface area contributed by atoms with Gasteiger partial charge >= 0.3 is 0 Å². The fourth-order valence-electron chi connectivity index (χ4n) is 1.49. The number of halogens is 1. The fraction of sp³-hybridized carbons (Fsp3) is 0.0769. The van der Waals surface area contributed by atoms with Gasteiger partial charge in [-0.05, 0) is 23.7 Å². The number of aromatic nitrogens is 1. The third kappa shape index (κ3) is 2.67. The zero-order valence-electron chi connectivity index (χ0n) is 8.64. The first kappa shape index (κ1) is 10.8. The lowest BCUT2D eigenvalue weighted by Crippen LogP contribution is -2.32. The molecule has 0 atom stereocenters. The summed E-state index contributed by atoms with van der Waals surface area (Å²) in [6.45, 7) is 0.789. The Bertz CT molecular complexity index is 479. The lowest BCUT2D eigenvalue weighted by Gasteiger charge is -1.98. The summed E-state index contributed by atoms with van der Waals surface area (Å²) in [6.07, 6.45) is 4.00. The molecular formula is C13H11ClNO+. The molecule has 0 aliphatic heterocycles. The van der Waals surface area contributed by atoms with Gasteiger partial charge in [0.1, 0.15) is 0 Å². The molecule has 0 unspecified atom stereocenters. The normalized spacial score (nSPS) is 10.1. The number of nitrogens with zero attached hydrogens (tertiary/aromatic N) is 1. The van der Waals surface area contributed by atoms with E-state index in [0.717, 1.165) is 12.1 Å². The van der Waals surface area contributed by atoms with E-state index in [-0.39, 0.29) is 0 Å². The van der Waals surface area contributed by atoms with Gasteiger partial charge in [-0.15, -0.1) is 0 Å². The molecule has 0 aliphatic carbocycles. The van der Waals surface area contributed by atoms with Crippen LogP contribution in [0.25, 0.3) is 0 Å². The van der Waals surface area contributed by atoms with Crippen LogP contribution in [-0.2, 0) is 6.54 Å². The zero-order valence-corrected chi connectivity index (χ0v) is 9.39. The molecular weight excluding hydrogens is 222 g/mol. The first-order valence-electron chi connectivity index (χ1n) is 4.98. The van der Waals surface area contributed by atoms with Crippen molar-refractivity contribution in [3.8, 4) is 0 Å². The average molecular weight is 233 g/mol. The highest BCUT2D eigenvalue weighted by molar-refractivity contribution is 6.67. The molecule has 2 nitrogen and oxygen atoms in total. The Balaban J connectivity index is 2.14. The minimum Gasteiger partial charge on any atom is -0.276 e. The second-order valence-electron chi connectivity index (χ2n) is 3.52. The molecule has 0 spiro atoms. The van der Waals surface area contributed by atoms with Crippen LogP contribution in [0.4, 0.5) is 0 Å². The Morgan fingerprint density at radius 1 is 1.06 bits per heavy atom. The van der Waals surface area contributed by atoms with Crippen molar-refractivity contribution in [3.05, 3.63) is 66.0 Å². The van der Waals surface area contributed by atoms with E-state index in [1.54, 1.807) is 12.1 Å². The second-order valence-corrected chi connectivity index (χ2v) is 3.86. The van der Waals surface area contributed by atoms with E-state index >= 15 is 0 Å². The van der Waals surface area contributed by atoms with E-state index in [1.807, 2.05) is 42.7 Å². The molecule has 1 heterocycles. The maximum absolute atomic E-state index is 10.9. The first-order chi connectivity index (χ1) is 7.75. The largest absolute Gasteiger partial charge is 0.276 e. The van der Waals surface area contributed by atoms with Gasteiger partial charge in [0.2, 0.25) is 0 Å². The van der Waals surface area contributed by atoms with E-state index < -0.39 is 5.24 Å². The van der Waals surface area contributed by atoms with Gasteiger partial charge in [-0.1, -0.05) is 18.2 Å². The minimum absolute atomic E-state index is 0.418. The zero-order chi connectivity index (χ0) is 11.4.